The lowest BCUT2D eigenvalue weighted by molar-refractivity contribution is 0.0950. The lowest BCUT2D eigenvalue weighted by Gasteiger charge is -2.26. The van der Waals surface area contributed by atoms with E-state index in [1.807, 2.05) is 12.1 Å². The molecule has 2 rings (SSSR count). The van der Waals surface area contributed by atoms with Crippen molar-refractivity contribution in [2.24, 2.45) is 11.7 Å². The summed E-state index contributed by atoms with van der Waals surface area (Å²) in [6, 6.07) is 4.20. The zero-order chi connectivity index (χ0) is 15.4. The lowest BCUT2D eigenvalue weighted by Crippen LogP contribution is -2.38. The van der Waals surface area contributed by atoms with Gasteiger partial charge in [-0.15, -0.1) is 0 Å². The maximum absolute atomic E-state index is 12.1. The number of nitrogens with two attached hydrogens (primary N) is 1. The molecule has 1 aliphatic rings. The van der Waals surface area contributed by atoms with Gasteiger partial charge in [0.1, 0.15) is 5.82 Å². The van der Waals surface area contributed by atoms with Gasteiger partial charge < -0.3 is 16.0 Å². The van der Waals surface area contributed by atoms with Gasteiger partial charge >= 0.3 is 0 Å². The van der Waals surface area contributed by atoms with Gasteiger partial charge in [0.25, 0.3) is 5.91 Å². The molecule has 0 aliphatic heterocycles. The first-order chi connectivity index (χ1) is 10.0. The predicted molar refractivity (Wildman–Crippen MR) is 85.4 cm³/mol. The van der Waals surface area contributed by atoms with E-state index < -0.39 is 0 Å². The van der Waals surface area contributed by atoms with Crippen LogP contribution in [0.2, 0.25) is 0 Å². The van der Waals surface area contributed by atoms with Crippen molar-refractivity contribution in [3.8, 4) is 0 Å². The van der Waals surface area contributed by atoms with E-state index in [2.05, 4.69) is 36.0 Å². The molecular weight excluding hydrogens is 264 g/mol. The molecule has 1 saturated carbocycles. The van der Waals surface area contributed by atoms with E-state index in [9.17, 15) is 4.79 Å². The number of aromatic nitrogens is 1. The molecule has 0 bridgehead atoms. The van der Waals surface area contributed by atoms with Crippen molar-refractivity contribution in [3.63, 3.8) is 0 Å². The summed E-state index contributed by atoms with van der Waals surface area (Å²) in [6.45, 7) is 7.79. The van der Waals surface area contributed by atoms with Crippen LogP contribution in [0.4, 0.5) is 5.82 Å². The van der Waals surface area contributed by atoms with E-state index in [0.717, 1.165) is 12.4 Å². The summed E-state index contributed by atoms with van der Waals surface area (Å²) < 4.78 is 0. The molecule has 1 fully saturated rings. The van der Waals surface area contributed by atoms with Gasteiger partial charge in [0.15, 0.2) is 0 Å². The normalized spacial score (nSPS) is 15.9. The number of pyridine rings is 1. The van der Waals surface area contributed by atoms with Gasteiger partial charge in [0, 0.05) is 31.4 Å². The molecule has 0 spiro atoms. The van der Waals surface area contributed by atoms with Crippen LogP contribution in [-0.2, 0) is 0 Å². The highest BCUT2D eigenvalue weighted by Gasteiger charge is 2.28. The molecule has 116 valence electrons. The second-order valence-corrected chi connectivity index (χ2v) is 6.00. The Morgan fingerprint density at radius 2 is 2.19 bits per heavy atom. The van der Waals surface area contributed by atoms with Crippen LogP contribution >= 0.6 is 0 Å². The third-order valence-corrected chi connectivity index (χ3v) is 3.99. The summed E-state index contributed by atoms with van der Waals surface area (Å²) in [6.07, 6.45) is 4.02. The molecule has 3 N–H and O–H groups in total. The van der Waals surface area contributed by atoms with Crippen molar-refractivity contribution >= 4 is 11.7 Å². The van der Waals surface area contributed by atoms with Crippen LogP contribution in [0.5, 0.6) is 0 Å². The number of carbonyl (C=O) groups is 1. The van der Waals surface area contributed by atoms with E-state index in [0.29, 0.717) is 24.1 Å². The smallest absolute Gasteiger partial charge is 0.252 e. The van der Waals surface area contributed by atoms with Crippen molar-refractivity contribution in [1.82, 2.24) is 10.3 Å². The molecule has 5 nitrogen and oxygen atoms in total. The van der Waals surface area contributed by atoms with Crippen molar-refractivity contribution < 1.29 is 4.79 Å². The van der Waals surface area contributed by atoms with Crippen molar-refractivity contribution in [2.45, 2.75) is 45.7 Å². The van der Waals surface area contributed by atoms with Gasteiger partial charge in [0.2, 0.25) is 0 Å². The molecule has 1 heterocycles. The largest absolute Gasteiger partial charge is 0.354 e. The number of anilines is 1. The number of carbonyl (C=O) groups excluding carboxylic acids is 1. The second kappa shape index (κ2) is 6.89. The molecule has 1 aromatic heterocycles. The van der Waals surface area contributed by atoms with Crippen LogP contribution in [0.15, 0.2) is 18.3 Å². The van der Waals surface area contributed by atoms with Crippen LogP contribution < -0.4 is 16.0 Å². The fraction of sp³-hybridized carbons (Fsp3) is 0.625. The Morgan fingerprint density at radius 1 is 1.48 bits per heavy atom. The molecule has 0 saturated heterocycles. The van der Waals surface area contributed by atoms with E-state index in [-0.39, 0.29) is 11.9 Å². The van der Waals surface area contributed by atoms with E-state index in [1.165, 1.54) is 12.8 Å². The maximum atomic E-state index is 12.1. The standard InChI is InChI=1S/C16H26N4O/c1-4-20(11(2)3)15-8-7-13(9-18-15)16(21)19-10-14(17)12-5-6-12/h7-9,11-12,14H,4-6,10,17H2,1-3H3,(H,19,21). The van der Waals surface area contributed by atoms with Gasteiger partial charge in [-0.05, 0) is 51.7 Å². The molecular formula is C16H26N4O. The van der Waals surface area contributed by atoms with Crippen molar-refractivity contribution in [3.05, 3.63) is 23.9 Å². The summed E-state index contributed by atoms with van der Waals surface area (Å²) in [4.78, 5) is 18.6. The first-order valence-electron chi connectivity index (χ1n) is 7.79. The molecule has 1 atom stereocenters. The van der Waals surface area contributed by atoms with Crippen molar-refractivity contribution in [2.75, 3.05) is 18.0 Å². The highest BCUT2D eigenvalue weighted by molar-refractivity contribution is 5.94. The highest BCUT2D eigenvalue weighted by atomic mass is 16.1. The second-order valence-electron chi connectivity index (χ2n) is 6.00. The maximum Gasteiger partial charge on any atom is 0.252 e. The topological polar surface area (TPSA) is 71.2 Å². The Hall–Kier alpha value is -1.62. The van der Waals surface area contributed by atoms with Gasteiger partial charge in [-0.25, -0.2) is 4.98 Å². The number of rotatable bonds is 7. The molecule has 0 aromatic carbocycles. The number of amides is 1. The average Bonchev–Trinajstić information content (AvgIpc) is 3.30. The number of nitrogens with one attached hydrogen (secondary N) is 1. The molecule has 5 heteroatoms. The minimum absolute atomic E-state index is 0.0812. The fourth-order valence-corrected chi connectivity index (χ4v) is 2.49. The molecule has 21 heavy (non-hydrogen) atoms. The van der Waals surface area contributed by atoms with Crippen LogP contribution in [-0.4, -0.2) is 36.1 Å². The van der Waals surface area contributed by atoms with Crippen LogP contribution in [0.1, 0.15) is 44.0 Å². The first kappa shape index (κ1) is 15.8. The first-order valence-corrected chi connectivity index (χ1v) is 7.79. The van der Waals surface area contributed by atoms with Crippen LogP contribution in [0, 0.1) is 5.92 Å². The third kappa shape index (κ3) is 4.17. The highest BCUT2D eigenvalue weighted by Crippen LogP contribution is 2.31. The van der Waals surface area contributed by atoms with E-state index >= 15 is 0 Å². The lowest BCUT2D eigenvalue weighted by atomic mass is 10.2. The molecule has 1 aromatic rings. The minimum Gasteiger partial charge on any atom is -0.354 e. The average molecular weight is 290 g/mol. The van der Waals surface area contributed by atoms with Gasteiger partial charge in [-0.2, -0.15) is 0 Å². The minimum atomic E-state index is -0.0993. The third-order valence-electron chi connectivity index (χ3n) is 3.99. The Kier molecular flexibility index (Phi) is 5.17. The van der Waals surface area contributed by atoms with Crippen molar-refractivity contribution in [1.29, 1.82) is 0 Å². The summed E-state index contributed by atoms with van der Waals surface area (Å²) in [5, 5.41) is 2.89. The number of nitrogens with zero attached hydrogens (tertiary/aromatic N) is 2. The van der Waals surface area contributed by atoms with E-state index in [1.54, 1.807) is 6.20 Å². The SMILES string of the molecule is CCN(c1ccc(C(=O)NCC(N)C2CC2)cn1)C(C)C. The van der Waals surface area contributed by atoms with Gasteiger partial charge in [0.05, 0.1) is 5.56 Å². The monoisotopic (exact) mass is 290 g/mol. The predicted octanol–water partition coefficient (Wildman–Crippen LogP) is 1.78. The molecule has 0 radical (unpaired) electrons. The summed E-state index contributed by atoms with van der Waals surface area (Å²) in [5.41, 5.74) is 6.57. The Balaban J connectivity index is 1.92. The summed E-state index contributed by atoms with van der Waals surface area (Å²) in [5.74, 6) is 1.39. The zero-order valence-corrected chi connectivity index (χ0v) is 13.2. The van der Waals surface area contributed by atoms with Crippen LogP contribution in [0.25, 0.3) is 0 Å². The van der Waals surface area contributed by atoms with Gasteiger partial charge in [-0.3, -0.25) is 4.79 Å². The molecule has 1 aliphatic carbocycles. The number of hydrogen-bond acceptors (Lipinski definition) is 4. The van der Waals surface area contributed by atoms with Gasteiger partial charge in [-0.1, -0.05) is 0 Å². The fourth-order valence-electron chi connectivity index (χ4n) is 2.49. The molecule has 1 amide bonds. The summed E-state index contributed by atoms with van der Waals surface area (Å²) in [7, 11) is 0. The zero-order valence-electron chi connectivity index (χ0n) is 13.2. The van der Waals surface area contributed by atoms with Crippen LogP contribution in [0.3, 0.4) is 0 Å². The Morgan fingerprint density at radius 3 is 2.67 bits per heavy atom. The Labute approximate surface area is 126 Å². The number of hydrogen-bond donors (Lipinski definition) is 2. The molecule has 1 unspecified atom stereocenters. The summed E-state index contributed by atoms with van der Waals surface area (Å²) >= 11 is 0. The van der Waals surface area contributed by atoms with E-state index in [4.69, 9.17) is 5.73 Å². The quantitative estimate of drug-likeness (QED) is 0.803. The Bertz CT molecular complexity index is 468.